The van der Waals surface area contributed by atoms with Gasteiger partial charge in [-0.05, 0) is 12.8 Å². The van der Waals surface area contributed by atoms with Gasteiger partial charge in [0.2, 0.25) is 5.91 Å². The molecule has 4 nitrogen and oxygen atoms in total. The van der Waals surface area contributed by atoms with Crippen molar-refractivity contribution in [3.8, 4) is 0 Å². The van der Waals surface area contributed by atoms with Gasteiger partial charge < -0.3 is 4.90 Å². The summed E-state index contributed by atoms with van der Waals surface area (Å²) in [6.45, 7) is 10.6. The fourth-order valence-electron chi connectivity index (χ4n) is 2.30. The van der Waals surface area contributed by atoms with Crippen LogP contribution in [-0.4, -0.2) is 51.7 Å². The van der Waals surface area contributed by atoms with Crippen LogP contribution in [0.25, 0.3) is 0 Å². The largest absolute Gasteiger partial charge is 0.339 e. The molecule has 1 saturated heterocycles. The third kappa shape index (κ3) is 4.02. The highest BCUT2D eigenvalue weighted by Crippen LogP contribution is 2.17. The molecule has 1 aliphatic heterocycles. The Kier molecular flexibility index (Phi) is 5.57. The molecule has 6 heteroatoms. The molecule has 0 saturated carbocycles. The molecule has 1 atom stereocenters. The van der Waals surface area contributed by atoms with Gasteiger partial charge in [-0.3, -0.25) is 9.69 Å². The number of carbonyl (C=O) groups excluding carboxylic acids is 1. The zero-order valence-electron chi connectivity index (χ0n) is 12.3. The van der Waals surface area contributed by atoms with E-state index in [-0.39, 0.29) is 10.7 Å². The molecule has 0 aromatic carbocycles. The summed E-state index contributed by atoms with van der Waals surface area (Å²) in [5.41, 5.74) is 1.15. The molecule has 112 valence electrons. The minimum Gasteiger partial charge on any atom is -0.339 e. The number of alkyl halides is 1. The van der Waals surface area contributed by atoms with Crippen LogP contribution in [0.15, 0.2) is 5.38 Å². The fraction of sp³-hybridized carbons (Fsp3) is 0.714. The number of halogens is 1. The van der Waals surface area contributed by atoms with Crippen LogP contribution in [-0.2, 0) is 11.3 Å². The van der Waals surface area contributed by atoms with E-state index >= 15 is 0 Å². The quantitative estimate of drug-likeness (QED) is 0.775. The third-order valence-corrected chi connectivity index (χ3v) is 5.83. The number of rotatable bonds is 4. The first kappa shape index (κ1) is 15.9. The number of nitrogens with zero attached hydrogens (tertiary/aromatic N) is 3. The molecule has 2 heterocycles. The van der Waals surface area contributed by atoms with E-state index in [0.717, 1.165) is 43.4 Å². The van der Waals surface area contributed by atoms with Gasteiger partial charge >= 0.3 is 0 Å². The van der Waals surface area contributed by atoms with Crippen LogP contribution in [0, 0.1) is 12.8 Å². The molecule has 0 spiro atoms. The molecule has 1 fully saturated rings. The molecule has 2 rings (SSSR count). The van der Waals surface area contributed by atoms with Gasteiger partial charge in [0.15, 0.2) is 0 Å². The summed E-state index contributed by atoms with van der Waals surface area (Å²) < 4.78 is 0. The first-order chi connectivity index (χ1) is 9.47. The van der Waals surface area contributed by atoms with Gasteiger partial charge in [-0.15, -0.1) is 11.3 Å². The van der Waals surface area contributed by atoms with Crippen molar-refractivity contribution in [3.63, 3.8) is 0 Å². The number of thiazole rings is 1. The van der Waals surface area contributed by atoms with E-state index in [0.29, 0.717) is 5.92 Å². The van der Waals surface area contributed by atoms with Crippen LogP contribution >= 0.6 is 27.3 Å². The lowest BCUT2D eigenvalue weighted by atomic mass is 10.1. The normalized spacial score (nSPS) is 18.6. The van der Waals surface area contributed by atoms with E-state index < -0.39 is 0 Å². The Morgan fingerprint density at radius 2 is 2.05 bits per heavy atom. The van der Waals surface area contributed by atoms with E-state index in [1.165, 1.54) is 0 Å². The maximum absolute atomic E-state index is 12.3. The number of aryl methyl sites for hydroxylation is 1. The molecule has 1 amide bonds. The van der Waals surface area contributed by atoms with Gasteiger partial charge in [-0.2, -0.15) is 0 Å². The van der Waals surface area contributed by atoms with Gasteiger partial charge in [-0.1, -0.05) is 29.8 Å². The topological polar surface area (TPSA) is 36.4 Å². The Balaban J connectivity index is 1.82. The first-order valence-electron chi connectivity index (χ1n) is 7.03. The number of hydrogen-bond acceptors (Lipinski definition) is 4. The number of aromatic nitrogens is 1. The highest BCUT2D eigenvalue weighted by molar-refractivity contribution is 9.10. The summed E-state index contributed by atoms with van der Waals surface area (Å²) in [5.74, 6) is 0.558. The smallest absolute Gasteiger partial charge is 0.236 e. The van der Waals surface area contributed by atoms with Crippen LogP contribution < -0.4 is 0 Å². The molecule has 1 aromatic rings. The number of carbonyl (C=O) groups is 1. The first-order valence-corrected chi connectivity index (χ1v) is 8.83. The summed E-state index contributed by atoms with van der Waals surface area (Å²) in [6, 6.07) is 0. The fourth-order valence-corrected chi connectivity index (χ4v) is 3.19. The van der Waals surface area contributed by atoms with Crippen molar-refractivity contribution in [1.82, 2.24) is 14.8 Å². The van der Waals surface area contributed by atoms with Crippen molar-refractivity contribution in [1.29, 1.82) is 0 Å². The maximum atomic E-state index is 12.3. The van der Waals surface area contributed by atoms with Crippen LogP contribution in [0.2, 0.25) is 0 Å². The zero-order chi connectivity index (χ0) is 14.7. The Morgan fingerprint density at radius 3 is 2.55 bits per heavy atom. The number of amides is 1. The lowest BCUT2D eigenvalue weighted by molar-refractivity contribution is -0.133. The van der Waals surface area contributed by atoms with Crippen molar-refractivity contribution in [2.24, 2.45) is 5.92 Å². The maximum Gasteiger partial charge on any atom is 0.236 e. The third-order valence-electron chi connectivity index (χ3n) is 3.56. The van der Waals surface area contributed by atoms with E-state index in [1.807, 2.05) is 11.8 Å². The van der Waals surface area contributed by atoms with Crippen molar-refractivity contribution in [2.75, 3.05) is 26.2 Å². The van der Waals surface area contributed by atoms with Crippen LogP contribution in [0.1, 0.15) is 24.5 Å². The standard InChI is InChI=1S/C14H22BrN3OS/c1-10(2)13(15)14(19)18-6-4-17(5-7-18)8-12-9-20-11(3)16-12/h9-10,13H,4-8H2,1-3H3. The Bertz CT molecular complexity index is 455. The molecule has 1 aromatic heterocycles. The number of piperazine rings is 1. The average molecular weight is 360 g/mol. The summed E-state index contributed by atoms with van der Waals surface area (Å²) in [7, 11) is 0. The highest BCUT2D eigenvalue weighted by atomic mass is 79.9. The molecule has 1 aliphatic rings. The molecular formula is C14H22BrN3OS. The SMILES string of the molecule is Cc1nc(CN2CCN(C(=O)C(Br)C(C)C)CC2)cs1. The van der Waals surface area contributed by atoms with Crippen LogP contribution in [0.4, 0.5) is 0 Å². The Labute approximate surface area is 133 Å². The monoisotopic (exact) mass is 359 g/mol. The minimum atomic E-state index is -0.0600. The molecular weight excluding hydrogens is 338 g/mol. The highest BCUT2D eigenvalue weighted by Gasteiger charge is 2.27. The Hall–Kier alpha value is -0.460. The van der Waals surface area contributed by atoms with E-state index in [2.05, 4.69) is 45.0 Å². The lowest BCUT2D eigenvalue weighted by Crippen LogP contribution is -2.50. The van der Waals surface area contributed by atoms with E-state index in [4.69, 9.17) is 0 Å². The van der Waals surface area contributed by atoms with Crippen molar-refractivity contribution in [3.05, 3.63) is 16.1 Å². The minimum absolute atomic E-state index is 0.0600. The second kappa shape index (κ2) is 7.00. The van der Waals surface area contributed by atoms with Gasteiger partial charge in [0.1, 0.15) is 0 Å². The average Bonchev–Trinajstić information content (AvgIpc) is 2.83. The van der Waals surface area contributed by atoms with E-state index in [9.17, 15) is 4.79 Å². The summed E-state index contributed by atoms with van der Waals surface area (Å²) >= 11 is 5.20. The molecule has 0 radical (unpaired) electrons. The molecule has 1 unspecified atom stereocenters. The van der Waals surface area contributed by atoms with Crippen molar-refractivity contribution in [2.45, 2.75) is 32.1 Å². The van der Waals surface area contributed by atoms with E-state index in [1.54, 1.807) is 11.3 Å². The molecule has 0 aliphatic carbocycles. The van der Waals surface area contributed by atoms with Crippen molar-refractivity contribution < 1.29 is 4.79 Å². The molecule has 0 bridgehead atoms. The van der Waals surface area contributed by atoms with Crippen LogP contribution in [0.3, 0.4) is 0 Å². The predicted octanol–water partition coefficient (Wildman–Crippen LogP) is 2.52. The Morgan fingerprint density at radius 1 is 1.40 bits per heavy atom. The van der Waals surface area contributed by atoms with Gasteiger partial charge in [0.25, 0.3) is 0 Å². The predicted molar refractivity (Wildman–Crippen MR) is 86.3 cm³/mol. The summed E-state index contributed by atoms with van der Waals surface area (Å²) in [5, 5.41) is 3.24. The lowest BCUT2D eigenvalue weighted by Gasteiger charge is -2.35. The number of hydrogen-bond donors (Lipinski definition) is 0. The molecule has 0 N–H and O–H groups in total. The van der Waals surface area contributed by atoms with Gasteiger partial charge in [0.05, 0.1) is 15.5 Å². The zero-order valence-corrected chi connectivity index (χ0v) is 14.7. The second-order valence-corrected chi connectivity index (χ2v) is 7.65. The van der Waals surface area contributed by atoms with Crippen molar-refractivity contribution >= 4 is 33.2 Å². The summed E-state index contributed by atoms with van der Waals surface area (Å²) in [6.07, 6.45) is 0. The second-order valence-electron chi connectivity index (χ2n) is 5.61. The van der Waals surface area contributed by atoms with Gasteiger partial charge in [-0.25, -0.2) is 4.98 Å². The summed E-state index contributed by atoms with van der Waals surface area (Å²) in [4.78, 5) is 21.0. The van der Waals surface area contributed by atoms with Crippen LogP contribution in [0.5, 0.6) is 0 Å². The molecule has 20 heavy (non-hydrogen) atoms. The van der Waals surface area contributed by atoms with Gasteiger partial charge in [0, 0.05) is 38.1 Å².